The molecule has 0 saturated heterocycles. The van der Waals surface area contributed by atoms with Gasteiger partial charge < -0.3 is 0 Å². The molecule has 0 fully saturated rings. The Kier molecular flexibility index (Phi) is 3.79. The first-order chi connectivity index (χ1) is 3.66. The normalized spacial score (nSPS) is 13.0. The second-order valence-electron chi connectivity index (χ2n) is 1.59. The molecule has 48 valence electrons. The predicted octanol–water partition coefficient (Wildman–Crippen LogP) is 2.64. The Balaban J connectivity index is 3.51. The molecule has 0 aliphatic heterocycles. The fraction of sp³-hybridized carbons (Fsp3) is 0.600. The van der Waals surface area contributed by atoms with Crippen LogP contribution >= 0.6 is 11.6 Å². The number of rotatable bonds is 2. The zero-order valence-corrected chi connectivity index (χ0v) is 5.25. The molecule has 0 aliphatic carbocycles. The molecule has 0 spiro atoms. The van der Waals surface area contributed by atoms with E-state index < -0.39 is 6.08 Å². The molecule has 0 aliphatic rings. The molecule has 0 rings (SSSR count). The zero-order valence-electron chi connectivity index (χ0n) is 4.50. The molecule has 0 aromatic rings. The number of alkyl halides is 1. The van der Waals surface area contributed by atoms with Crippen molar-refractivity contribution in [2.45, 2.75) is 6.92 Å². The van der Waals surface area contributed by atoms with Crippen molar-refractivity contribution in [1.29, 1.82) is 0 Å². The van der Waals surface area contributed by atoms with Crippen molar-refractivity contribution in [2.75, 3.05) is 5.88 Å². The van der Waals surface area contributed by atoms with E-state index in [1.54, 1.807) is 6.92 Å². The highest BCUT2D eigenvalue weighted by atomic mass is 35.5. The van der Waals surface area contributed by atoms with Crippen LogP contribution in [-0.2, 0) is 0 Å². The Hall–Kier alpha value is -0.110. The molecular formula is C5H7ClF2. The third kappa shape index (κ3) is 4.06. The molecule has 0 heterocycles. The lowest BCUT2D eigenvalue weighted by Crippen LogP contribution is -1.88. The molecule has 0 nitrogen and oxygen atoms in total. The minimum absolute atomic E-state index is 0.221. The van der Waals surface area contributed by atoms with Gasteiger partial charge in [-0.05, 0) is 12.0 Å². The summed E-state index contributed by atoms with van der Waals surface area (Å²) in [6.07, 6.45) is -0.814. The summed E-state index contributed by atoms with van der Waals surface area (Å²) >= 11 is 5.22. The van der Waals surface area contributed by atoms with Crippen molar-refractivity contribution in [1.82, 2.24) is 0 Å². The topological polar surface area (TPSA) is 0 Å². The zero-order chi connectivity index (χ0) is 6.57. The Morgan fingerprint density at radius 2 is 2.25 bits per heavy atom. The summed E-state index contributed by atoms with van der Waals surface area (Å²) in [5, 5.41) is 0. The number of halogens is 3. The summed E-state index contributed by atoms with van der Waals surface area (Å²) in [5.74, 6) is 0.0267. The van der Waals surface area contributed by atoms with Crippen molar-refractivity contribution in [3.05, 3.63) is 12.2 Å². The molecule has 0 aromatic carbocycles. The van der Waals surface area contributed by atoms with Crippen molar-refractivity contribution >= 4 is 11.6 Å². The van der Waals surface area contributed by atoms with Gasteiger partial charge in [0.25, 0.3) is 6.08 Å². The first-order valence-corrected chi connectivity index (χ1v) is 2.79. The van der Waals surface area contributed by atoms with Crippen molar-refractivity contribution in [3.63, 3.8) is 0 Å². The lowest BCUT2D eigenvalue weighted by Gasteiger charge is -1.93. The van der Waals surface area contributed by atoms with Crippen LogP contribution in [0.3, 0.4) is 0 Å². The Bertz CT molecular complexity index is 86.4. The van der Waals surface area contributed by atoms with Crippen molar-refractivity contribution < 1.29 is 8.78 Å². The van der Waals surface area contributed by atoms with Gasteiger partial charge in [-0.15, -0.1) is 11.6 Å². The van der Waals surface area contributed by atoms with Gasteiger partial charge in [-0.25, -0.2) is 0 Å². The third-order valence-electron chi connectivity index (χ3n) is 0.654. The average Bonchev–Trinajstić information content (AvgIpc) is 1.65. The van der Waals surface area contributed by atoms with Crippen LogP contribution in [0.1, 0.15) is 6.92 Å². The lowest BCUT2D eigenvalue weighted by molar-refractivity contribution is 0.413. The van der Waals surface area contributed by atoms with E-state index in [-0.39, 0.29) is 11.8 Å². The highest BCUT2D eigenvalue weighted by molar-refractivity contribution is 6.18. The van der Waals surface area contributed by atoms with Gasteiger partial charge >= 0.3 is 0 Å². The summed E-state index contributed by atoms with van der Waals surface area (Å²) < 4.78 is 22.5. The second-order valence-corrected chi connectivity index (χ2v) is 1.90. The Morgan fingerprint density at radius 1 is 1.75 bits per heavy atom. The van der Waals surface area contributed by atoms with E-state index in [0.29, 0.717) is 0 Å². The molecule has 0 aromatic heterocycles. The number of hydrogen-bond acceptors (Lipinski definition) is 0. The molecule has 8 heavy (non-hydrogen) atoms. The van der Waals surface area contributed by atoms with Crippen LogP contribution in [0.2, 0.25) is 0 Å². The fourth-order valence-electron chi connectivity index (χ4n) is 0.260. The van der Waals surface area contributed by atoms with Crippen LogP contribution in [0.4, 0.5) is 8.78 Å². The Labute approximate surface area is 52.1 Å². The van der Waals surface area contributed by atoms with E-state index in [1.165, 1.54) is 0 Å². The summed E-state index contributed by atoms with van der Waals surface area (Å²) in [4.78, 5) is 0. The molecule has 0 saturated carbocycles. The van der Waals surface area contributed by atoms with E-state index in [0.717, 1.165) is 6.08 Å². The van der Waals surface area contributed by atoms with Crippen LogP contribution in [0.5, 0.6) is 0 Å². The molecule has 0 bridgehead atoms. The number of hydrogen-bond donors (Lipinski definition) is 0. The van der Waals surface area contributed by atoms with Crippen LogP contribution in [0.15, 0.2) is 12.2 Å². The van der Waals surface area contributed by atoms with Crippen molar-refractivity contribution in [3.8, 4) is 0 Å². The average molecular weight is 141 g/mol. The van der Waals surface area contributed by atoms with E-state index in [1.807, 2.05) is 0 Å². The molecule has 0 N–H and O–H groups in total. The quantitative estimate of drug-likeness (QED) is 0.518. The largest absolute Gasteiger partial charge is 0.266 e. The van der Waals surface area contributed by atoms with Gasteiger partial charge in [0.1, 0.15) is 0 Å². The molecule has 3 heteroatoms. The number of allylic oxidation sites excluding steroid dienone is 1. The van der Waals surface area contributed by atoms with E-state index in [4.69, 9.17) is 11.6 Å². The minimum atomic E-state index is -1.65. The van der Waals surface area contributed by atoms with Gasteiger partial charge in [-0.2, -0.15) is 8.78 Å². The van der Waals surface area contributed by atoms with Crippen LogP contribution < -0.4 is 0 Å². The summed E-state index contributed by atoms with van der Waals surface area (Å²) in [5.41, 5.74) is 0. The van der Waals surface area contributed by atoms with Crippen LogP contribution in [0.25, 0.3) is 0 Å². The fourth-order valence-corrected chi connectivity index (χ4v) is 0.349. The van der Waals surface area contributed by atoms with Gasteiger partial charge in [0, 0.05) is 5.88 Å². The first kappa shape index (κ1) is 7.89. The lowest BCUT2D eigenvalue weighted by atomic mass is 10.2. The third-order valence-corrected chi connectivity index (χ3v) is 1.14. The van der Waals surface area contributed by atoms with Gasteiger partial charge in [-0.3, -0.25) is 0 Å². The molecule has 0 radical (unpaired) electrons. The molecule has 1 unspecified atom stereocenters. The van der Waals surface area contributed by atoms with Crippen molar-refractivity contribution in [2.24, 2.45) is 5.92 Å². The minimum Gasteiger partial charge on any atom is -0.174 e. The van der Waals surface area contributed by atoms with Crippen LogP contribution in [0, 0.1) is 5.92 Å². The standard InChI is InChI=1S/C5H7ClF2/c1-4(3-6)2-5(7)8/h2,4H,3H2,1H3. The Morgan fingerprint density at radius 3 is 2.38 bits per heavy atom. The second kappa shape index (κ2) is 3.84. The maximum atomic E-state index is 11.3. The van der Waals surface area contributed by atoms with E-state index >= 15 is 0 Å². The highest BCUT2D eigenvalue weighted by Gasteiger charge is 1.96. The molecular weight excluding hydrogens is 134 g/mol. The monoisotopic (exact) mass is 140 g/mol. The van der Waals surface area contributed by atoms with Gasteiger partial charge in [0.15, 0.2) is 0 Å². The molecule has 1 atom stereocenters. The summed E-state index contributed by atoms with van der Waals surface area (Å²) in [7, 11) is 0. The van der Waals surface area contributed by atoms with E-state index in [2.05, 4.69) is 0 Å². The maximum Gasteiger partial charge on any atom is 0.266 e. The van der Waals surface area contributed by atoms with Gasteiger partial charge in [0.2, 0.25) is 0 Å². The van der Waals surface area contributed by atoms with Crippen LogP contribution in [-0.4, -0.2) is 5.88 Å². The predicted molar refractivity (Wildman–Crippen MR) is 30.2 cm³/mol. The first-order valence-electron chi connectivity index (χ1n) is 2.25. The maximum absolute atomic E-state index is 11.3. The smallest absolute Gasteiger partial charge is 0.174 e. The molecule has 0 amide bonds. The van der Waals surface area contributed by atoms with Gasteiger partial charge in [0.05, 0.1) is 0 Å². The summed E-state index contributed by atoms with van der Waals surface area (Å²) in [6, 6.07) is 0. The summed E-state index contributed by atoms with van der Waals surface area (Å²) in [6.45, 7) is 1.63. The highest BCUT2D eigenvalue weighted by Crippen LogP contribution is 2.06. The van der Waals surface area contributed by atoms with E-state index in [9.17, 15) is 8.78 Å². The van der Waals surface area contributed by atoms with Gasteiger partial charge in [-0.1, -0.05) is 6.92 Å². The SMILES string of the molecule is CC(C=C(F)F)CCl.